The van der Waals surface area contributed by atoms with Crippen molar-refractivity contribution >= 4 is 5.69 Å². The Labute approximate surface area is 107 Å². The molecule has 0 spiro atoms. The molecule has 102 valence electrons. The lowest BCUT2D eigenvalue weighted by Gasteiger charge is -2.26. The Bertz CT molecular complexity index is 385. The number of nitrogens with zero attached hydrogens (tertiary/aromatic N) is 1. The number of nitrogens with one attached hydrogen (secondary N) is 1. The molecule has 1 N–H and O–H groups in total. The number of hydrogen-bond acceptors (Lipinski definition) is 3. The van der Waals surface area contributed by atoms with E-state index in [2.05, 4.69) is 5.32 Å². The summed E-state index contributed by atoms with van der Waals surface area (Å²) in [5.41, 5.74) is 1.65. The van der Waals surface area contributed by atoms with Crippen molar-refractivity contribution in [1.29, 1.82) is 0 Å². The fourth-order valence-corrected chi connectivity index (χ4v) is 1.93. The Balaban J connectivity index is 3.17. The van der Waals surface area contributed by atoms with Crippen molar-refractivity contribution in [1.82, 2.24) is 5.32 Å². The van der Waals surface area contributed by atoms with Crippen molar-refractivity contribution in [2.75, 3.05) is 32.6 Å². The van der Waals surface area contributed by atoms with E-state index in [9.17, 15) is 8.78 Å². The van der Waals surface area contributed by atoms with Gasteiger partial charge in [0.1, 0.15) is 5.75 Å². The molecule has 0 bridgehead atoms. The maximum Gasteiger partial charge on any atom is 0.255 e. The number of hydrogen-bond donors (Lipinski definition) is 1. The third-order valence-electron chi connectivity index (χ3n) is 2.95. The third-order valence-corrected chi connectivity index (χ3v) is 2.95. The van der Waals surface area contributed by atoms with Crippen LogP contribution < -0.4 is 15.0 Å². The van der Waals surface area contributed by atoms with E-state index >= 15 is 0 Å². The fourth-order valence-electron chi connectivity index (χ4n) is 1.93. The highest BCUT2D eigenvalue weighted by molar-refractivity contribution is 5.60. The smallest absolute Gasteiger partial charge is 0.255 e. The van der Waals surface area contributed by atoms with Crippen LogP contribution in [0.1, 0.15) is 18.5 Å². The van der Waals surface area contributed by atoms with Crippen LogP contribution in [0.3, 0.4) is 0 Å². The summed E-state index contributed by atoms with van der Waals surface area (Å²) in [6.45, 7) is 1.67. The highest BCUT2D eigenvalue weighted by Gasteiger charge is 2.19. The first kappa shape index (κ1) is 14.7. The van der Waals surface area contributed by atoms with Crippen LogP contribution in [0.15, 0.2) is 18.2 Å². The predicted octanol–water partition coefficient (Wildman–Crippen LogP) is 2.68. The average molecular weight is 258 g/mol. The van der Waals surface area contributed by atoms with E-state index in [0.717, 1.165) is 11.3 Å². The minimum absolute atomic E-state index is 0.0243. The second-order valence-electron chi connectivity index (χ2n) is 4.18. The van der Waals surface area contributed by atoms with Crippen molar-refractivity contribution in [2.45, 2.75) is 19.4 Å². The molecule has 5 heteroatoms. The molecule has 1 aromatic carbocycles. The molecule has 1 aromatic rings. The molecule has 18 heavy (non-hydrogen) atoms. The second-order valence-corrected chi connectivity index (χ2v) is 4.18. The summed E-state index contributed by atoms with van der Waals surface area (Å²) in [6, 6.07) is 5.50. The Hall–Kier alpha value is -1.36. The van der Waals surface area contributed by atoms with Gasteiger partial charge in [-0.1, -0.05) is 6.07 Å². The molecule has 3 nitrogen and oxygen atoms in total. The summed E-state index contributed by atoms with van der Waals surface area (Å²) < 4.78 is 30.3. The SMILES string of the molecule is CNC(C)c1c(OC)cccc1N(C)CC(F)F. The van der Waals surface area contributed by atoms with Gasteiger partial charge in [-0.2, -0.15) is 0 Å². The molecule has 0 aliphatic rings. The van der Waals surface area contributed by atoms with Crippen LogP contribution in [-0.4, -0.2) is 34.2 Å². The van der Waals surface area contributed by atoms with Crippen LogP contribution in [0, 0.1) is 0 Å². The number of anilines is 1. The minimum atomic E-state index is -2.36. The quantitative estimate of drug-likeness (QED) is 0.849. The normalized spacial score (nSPS) is 12.6. The lowest BCUT2D eigenvalue weighted by molar-refractivity contribution is 0.156. The maximum atomic E-state index is 12.5. The molecule has 1 unspecified atom stereocenters. The van der Waals surface area contributed by atoms with Crippen LogP contribution in [0.25, 0.3) is 0 Å². The molecule has 0 aliphatic heterocycles. The van der Waals surface area contributed by atoms with E-state index in [1.54, 1.807) is 19.1 Å². The summed E-state index contributed by atoms with van der Waals surface area (Å²) in [6.07, 6.45) is -2.36. The van der Waals surface area contributed by atoms with Crippen LogP contribution >= 0.6 is 0 Å². The van der Waals surface area contributed by atoms with Crippen molar-refractivity contribution in [2.24, 2.45) is 0 Å². The summed E-state index contributed by atoms with van der Waals surface area (Å²) in [7, 11) is 5.07. The number of benzene rings is 1. The van der Waals surface area contributed by atoms with Gasteiger partial charge in [0.2, 0.25) is 0 Å². The highest BCUT2D eigenvalue weighted by Crippen LogP contribution is 2.34. The Kier molecular flexibility index (Phi) is 5.34. The van der Waals surface area contributed by atoms with Crippen molar-refractivity contribution < 1.29 is 13.5 Å². The Morgan fingerprint density at radius 2 is 2.06 bits per heavy atom. The monoisotopic (exact) mass is 258 g/mol. The zero-order valence-electron chi connectivity index (χ0n) is 11.2. The maximum absolute atomic E-state index is 12.5. The Morgan fingerprint density at radius 1 is 1.39 bits per heavy atom. The molecule has 0 fully saturated rings. The zero-order chi connectivity index (χ0) is 13.7. The van der Waals surface area contributed by atoms with Crippen LogP contribution in [0.2, 0.25) is 0 Å². The minimum Gasteiger partial charge on any atom is -0.496 e. The lowest BCUT2D eigenvalue weighted by atomic mass is 10.0. The number of methoxy groups -OCH3 is 1. The molecule has 0 radical (unpaired) electrons. The fraction of sp³-hybridized carbons (Fsp3) is 0.538. The molecule has 0 saturated carbocycles. The average Bonchev–Trinajstić information content (AvgIpc) is 2.35. The summed E-state index contributed by atoms with van der Waals surface area (Å²) in [5.74, 6) is 0.704. The highest BCUT2D eigenvalue weighted by atomic mass is 19.3. The molecule has 0 aromatic heterocycles. The topological polar surface area (TPSA) is 24.5 Å². The molecule has 0 aliphatic carbocycles. The van der Waals surface area contributed by atoms with Crippen molar-refractivity contribution in [3.8, 4) is 5.75 Å². The first-order valence-corrected chi connectivity index (χ1v) is 5.84. The predicted molar refractivity (Wildman–Crippen MR) is 69.7 cm³/mol. The third kappa shape index (κ3) is 3.32. The van der Waals surface area contributed by atoms with E-state index in [1.807, 2.05) is 32.2 Å². The van der Waals surface area contributed by atoms with Crippen LogP contribution in [0.4, 0.5) is 14.5 Å². The van der Waals surface area contributed by atoms with E-state index in [1.165, 1.54) is 0 Å². The number of alkyl halides is 2. The van der Waals surface area contributed by atoms with Gasteiger partial charge in [0.15, 0.2) is 0 Å². The van der Waals surface area contributed by atoms with Gasteiger partial charge >= 0.3 is 0 Å². The van der Waals surface area contributed by atoms with E-state index in [-0.39, 0.29) is 12.6 Å². The first-order chi connectivity index (χ1) is 8.51. The molecular weight excluding hydrogens is 238 g/mol. The number of halogens is 2. The van der Waals surface area contributed by atoms with Crippen LogP contribution in [-0.2, 0) is 0 Å². The molecule has 0 amide bonds. The largest absolute Gasteiger partial charge is 0.496 e. The van der Waals surface area contributed by atoms with Gasteiger partial charge in [-0.3, -0.25) is 0 Å². The van der Waals surface area contributed by atoms with Gasteiger partial charge in [-0.25, -0.2) is 8.78 Å². The summed E-state index contributed by atoms with van der Waals surface area (Å²) in [4.78, 5) is 1.55. The second kappa shape index (κ2) is 6.54. The summed E-state index contributed by atoms with van der Waals surface area (Å²) in [5, 5.41) is 3.11. The first-order valence-electron chi connectivity index (χ1n) is 5.84. The van der Waals surface area contributed by atoms with Gasteiger partial charge in [-0.15, -0.1) is 0 Å². The van der Waals surface area contributed by atoms with E-state index in [4.69, 9.17) is 4.74 Å². The summed E-state index contributed by atoms with van der Waals surface area (Å²) >= 11 is 0. The number of rotatable bonds is 6. The molecule has 0 heterocycles. The molecule has 1 rings (SSSR count). The molecular formula is C13H20F2N2O. The zero-order valence-corrected chi connectivity index (χ0v) is 11.2. The van der Waals surface area contributed by atoms with Gasteiger partial charge in [0.05, 0.1) is 13.7 Å². The molecule has 1 atom stereocenters. The van der Waals surface area contributed by atoms with Gasteiger partial charge < -0.3 is 15.0 Å². The molecule has 0 saturated heterocycles. The lowest BCUT2D eigenvalue weighted by Crippen LogP contribution is -2.27. The van der Waals surface area contributed by atoms with Gasteiger partial charge in [0.25, 0.3) is 6.43 Å². The van der Waals surface area contributed by atoms with Crippen molar-refractivity contribution in [3.63, 3.8) is 0 Å². The Morgan fingerprint density at radius 3 is 2.56 bits per heavy atom. The number of ether oxygens (including phenoxy) is 1. The standard InChI is InChI=1S/C13H20F2N2O/c1-9(16-2)13-10(17(3)8-12(14)15)6-5-7-11(13)18-4/h5-7,9,12,16H,8H2,1-4H3. The van der Waals surface area contributed by atoms with Crippen LogP contribution in [0.5, 0.6) is 5.75 Å². The van der Waals surface area contributed by atoms with Gasteiger partial charge in [0, 0.05) is 24.3 Å². The van der Waals surface area contributed by atoms with Crippen molar-refractivity contribution in [3.05, 3.63) is 23.8 Å². The van der Waals surface area contributed by atoms with E-state index < -0.39 is 6.43 Å². The van der Waals surface area contributed by atoms with Gasteiger partial charge in [-0.05, 0) is 26.1 Å². The van der Waals surface area contributed by atoms with E-state index in [0.29, 0.717) is 5.75 Å².